The Balaban J connectivity index is 1.01. The number of furan rings is 1. The molecule has 0 saturated heterocycles. The highest BCUT2D eigenvalue weighted by Gasteiger charge is 2.20. The summed E-state index contributed by atoms with van der Waals surface area (Å²) in [6, 6.07) is 56.4. The van der Waals surface area contributed by atoms with Gasteiger partial charge in [-0.15, -0.1) is 22.7 Å². The smallest absolute Gasteiger partial charge is 0.180 e. The van der Waals surface area contributed by atoms with Crippen LogP contribution < -0.4 is 0 Å². The molecule has 5 heterocycles. The van der Waals surface area contributed by atoms with Crippen LogP contribution in [0.1, 0.15) is 0 Å². The van der Waals surface area contributed by atoms with Gasteiger partial charge < -0.3 is 4.42 Å². The molecule has 5 aromatic heterocycles. The number of hydrogen-bond donors (Lipinski definition) is 0. The van der Waals surface area contributed by atoms with E-state index in [1.807, 2.05) is 54.6 Å². The lowest BCUT2D eigenvalue weighted by Gasteiger charge is -2.10. The minimum Gasteiger partial charge on any atom is -0.452 e. The van der Waals surface area contributed by atoms with Crippen LogP contribution in [0, 0.1) is 0 Å². The molecule has 0 N–H and O–H groups in total. The molecule has 12 aromatic rings. The second-order valence-electron chi connectivity index (χ2n) is 14.0. The van der Waals surface area contributed by atoms with Crippen molar-refractivity contribution >= 4 is 85.1 Å². The fraction of sp³-hybridized carbons (Fsp3) is 0. The summed E-state index contributed by atoms with van der Waals surface area (Å²) < 4.78 is 11.1. The van der Waals surface area contributed by atoms with Gasteiger partial charge in [-0.3, -0.25) is 0 Å². The maximum atomic E-state index is 6.35. The summed E-state index contributed by atoms with van der Waals surface area (Å²) in [5.74, 6) is 2.60. The maximum absolute atomic E-state index is 6.35. The summed E-state index contributed by atoms with van der Waals surface area (Å²) in [5.41, 5.74) is 7.89. The monoisotopic (exact) mass is 765 g/mol. The topological polar surface area (TPSA) is 77.6 Å². The Labute approximate surface area is 333 Å². The predicted octanol–water partition coefficient (Wildman–Crippen LogP) is 13.6. The molecular formula is C49H27N5OS2. The Morgan fingerprint density at radius 1 is 0.368 bits per heavy atom. The summed E-state index contributed by atoms with van der Waals surface area (Å²) >= 11 is 3.55. The van der Waals surface area contributed by atoms with Gasteiger partial charge in [0.15, 0.2) is 28.9 Å². The number of nitrogens with zero attached hydrogens (tertiary/aromatic N) is 5. The number of thiophene rings is 2. The van der Waals surface area contributed by atoms with E-state index in [2.05, 4.69) is 109 Å². The Morgan fingerprint density at radius 3 is 1.86 bits per heavy atom. The fourth-order valence-electron chi connectivity index (χ4n) is 7.87. The predicted molar refractivity (Wildman–Crippen MR) is 236 cm³/mol. The van der Waals surface area contributed by atoms with Crippen molar-refractivity contribution in [1.82, 2.24) is 24.9 Å². The van der Waals surface area contributed by atoms with Crippen molar-refractivity contribution in [3.63, 3.8) is 0 Å². The van der Waals surface area contributed by atoms with Crippen molar-refractivity contribution in [3.05, 3.63) is 164 Å². The van der Waals surface area contributed by atoms with E-state index in [-0.39, 0.29) is 0 Å². The van der Waals surface area contributed by atoms with Crippen LogP contribution in [-0.4, -0.2) is 24.9 Å². The van der Waals surface area contributed by atoms with Gasteiger partial charge in [0.25, 0.3) is 0 Å². The van der Waals surface area contributed by atoms with Gasteiger partial charge in [-0.2, -0.15) is 0 Å². The van der Waals surface area contributed by atoms with Crippen molar-refractivity contribution in [2.24, 2.45) is 0 Å². The molecule has 0 aliphatic carbocycles. The SMILES string of the molecule is c1ccc(-c2nc(-c3ccc4sc5cc(-c6nc(-c7ccccc7)c7oc8ccccc8c7n6)ccc5c4c3)nc(-c3cccc4sc5ccccc5c34)n2)cc1. The van der Waals surface area contributed by atoms with E-state index in [4.69, 9.17) is 29.3 Å². The third kappa shape index (κ3) is 5.26. The summed E-state index contributed by atoms with van der Waals surface area (Å²) in [4.78, 5) is 25.6. The minimum absolute atomic E-state index is 0.635. The van der Waals surface area contributed by atoms with E-state index in [0.29, 0.717) is 28.9 Å². The first-order valence-electron chi connectivity index (χ1n) is 18.7. The zero-order valence-corrected chi connectivity index (χ0v) is 31.7. The first kappa shape index (κ1) is 32.1. The van der Waals surface area contributed by atoms with E-state index in [1.165, 1.54) is 24.9 Å². The Hall–Kier alpha value is -7.13. The molecule has 0 aliphatic heterocycles. The highest BCUT2D eigenvalue weighted by atomic mass is 32.1. The van der Waals surface area contributed by atoms with Gasteiger partial charge in [-0.1, -0.05) is 115 Å². The van der Waals surface area contributed by atoms with Gasteiger partial charge in [-0.25, -0.2) is 24.9 Å². The zero-order valence-electron chi connectivity index (χ0n) is 30.0. The van der Waals surface area contributed by atoms with Crippen LogP contribution in [0.25, 0.3) is 119 Å². The van der Waals surface area contributed by atoms with E-state index >= 15 is 0 Å². The number of aromatic nitrogens is 5. The van der Waals surface area contributed by atoms with Crippen molar-refractivity contribution in [1.29, 1.82) is 0 Å². The molecule has 8 heteroatoms. The van der Waals surface area contributed by atoms with Crippen LogP contribution >= 0.6 is 22.7 Å². The molecule has 57 heavy (non-hydrogen) atoms. The third-order valence-corrected chi connectivity index (χ3v) is 12.8. The average Bonchev–Trinajstić information content (AvgIpc) is 3.97. The molecule has 0 saturated carbocycles. The molecule has 6 nitrogen and oxygen atoms in total. The molecule has 7 aromatic carbocycles. The van der Waals surface area contributed by atoms with E-state index in [9.17, 15) is 0 Å². The highest BCUT2D eigenvalue weighted by Crippen LogP contribution is 2.42. The Morgan fingerprint density at radius 2 is 1.00 bits per heavy atom. The molecule has 0 amide bonds. The molecule has 0 fully saturated rings. The van der Waals surface area contributed by atoms with Crippen LogP contribution in [0.4, 0.5) is 0 Å². The molecule has 0 bridgehead atoms. The normalized spacial score (nSPS) is 11.9. The quantitative estimate of drug-likeness (QED) is 0.174. The molecule has 0 spiro atoms. The number of rotatable bonds is 5. The minimum atomic E-state index is 0.635. The summed E-state index contributed by atoms with van der Waals surface area (Å²) in [6.45, 7) is 0. The van der Waals surface area contributed by atoms with Gasteiger partial charge >= 0.3 is 0 Å². The largest absolute Gasteiger partial charge is 0.452 e. The number of fused-ring (bicyclic) bond motifs is 9. The van der Waals surface area contributed by atoms with Crippen LogP contribution in [0.2, 0.25) is 0 Å². The van der Waals surface area contributed by atoms with E-state index in [0.717, 1.165) is 65.5 Å². The summed E-state index contributed by atoms with van der Waals surface area (Å²) in [7, 11) is 0. The standard InChI is InChI=1S/C49H27N5OS2/c1-3-12-28(13-4-1)43-45-44(33-16-7-9-19-37(33)55-45)51-47(50-43)31-22-24-32-36-26-30(23-25-39(36)57-41(32)27-31)48-52-46(29-14-5-2-6-15-29)53-49(54-48)35-18-11-21-40-42(35)34-17-8-10-20-38(34)56-40/h1-27H. The molecular weight excluding hydrogens is 739 g/mol. The van der Waals surface area contributed by atoms with Crippen molar-refractivity contribution in [2.75, 3.05) is 0 Å². The van der Waals surface area contributed by atoms with Crippen molar-refractivity contribution in [2.45, 2.75) is 0 Å². The lowest BCUT2D eigenvalue weighted by Crippen LogP contribution is -2.00. The van der Waals surface area contributed by atoms with Gasteiger partial charge in [0.1, 0.15) is 16.8 Å². The molecule has 12 rings (SSSR count). The maximum Gasteiger partial charge on any atom is 0.180 e. The molecule has 266 valence electrons. The summed E-state index contributed by atoms with van der Waals surface area (Å²) in [5, 5.41) is 5.66. The molecule has 0 radical (unpaired) electrons. The number of benzene rings is 7. The molecule has 0 atom stereocenters. The number of para-hydroxylation sites is 1. The number of hydrogen-bond acceptors (Lipinski definition) is 8. The van der Waals surface area contributed by atoms with Gasteiger partial charge in [0.05, 0.1) is 0 Å². The van der Waals surface area contributed by atoms with Crippen molar-refractivity contribution in [3.8, 4) is 56.8 Å². The molecule has 0 aliphatic rings. The van der Waals surface area contributed by atoms with E-state index < -0.39 is 0 Å². The fourth-order valence-corrected chi connectivity index (χ4v) is 10.1. The van der Waals surface area contributed by atoms with Crippen molar-refractivity contribution < 1.29 is 4.42 Å². The van der Waals surface area contributed by atoms with Crippen LogP contribution in [0.3, 0.4) is 0 Å². The van der Waals surface area contributed by atoms with Gasteiger partial charge in [0.2, 0.25) is 0 Å². The highest BCUT2D eigenvalue weighted by molar-refractivity contribution is 7.26. The Kier molecular flexibility index (Phi) is 7.17. The van der Waals surface area contributed by atoms with Gasteiger partial charge in [0, 0.05) is 73.5 Å². The average molecular weight is 766 g/mol. The first-order valence-corrected chi connectivity index (χ1v) is 20.3. The van der Waals surface area contributed by atoms with Gasteiger partial charge in [-0.05, 0) is 48.5 Å². The first-order chi connectivity index (χ1) is 28.2. The van der Waals surface area contributed by atoms with Crippen LogP contribution in [0.5, 0.6) is 0 Å². The lowest BCUT2D eigenvalue weighted by atomic mass is 10.0. The third-order valence-electron chi connectivity index (χ3n) is 10.6. The second kappa shape index (κ2) is 12.7. The second-order valence-corrected chi connectivity index (χ2v) is 16.2. The van der Waals surface area contributed by atoms with E-state index in [1.54, 1.807) is 22.7 Å². The summed E-state index contributed by atoms with van der Waals surface area (Å²) in [6.07, 6.45) is 0. The zero-order chi connectivity index (χ0) is 37.5. The molecule has 0 unspecified atom stereocenters. The lowest BCUT2D eigenvalue weighted by molar-refractivity contribution is 0.667. The van der Waals surface area contributed by atoms with Crippen LogP contribution in [0.15, 0.2) is 168 Å². The Bertz CT molecular complexity index is 3540. The van der Waals surface area contributed by atoms with Crippen LogP contribution in [-0.2, 0) is 0 Å².